The van der Waals surface area contributed by atoms with Gasteiger partial charge in [0.15, 0.2) is 0 Å². The molecule has 4 N–H and O–H groups in total. The molecule has 0 bridgehead atoms. The number of nitrogens with two attached hydrogens (primary N) is 1. The summed E-state index contributed by atoms with van der Waals surface area (Å²) in [5.41, 5.74) is 6.64. The minimum atomic E-state index is -0.193. The molecule has 6 heteroatoms. The van der Waals surface area contributed by atoms with Gasteiger partial charge in [-0.15, -0.1) is 0 Å². The lowest BCUT2D eigenvalue weighted by Crippen LogP contribution is -2.43. The zero-order valence-corrected chi connectivity index (χ0v) is 17.4. The minimum absolute atomic E-state index is 0.0258. The number of carbonyl (C=O) groups excluding carboxylic acids is 2. The summed E-state index contributed by atoms with van der Waals surface area (Å²) in [4.78, 5) is 26.2. The molecule has 0 radical (unpaired) electrons. The van der Waals surface area contributed by atoms with E-state index < -0.39 is 0 Å². The Hall–Kier alpha value is -2.08. The van der Waals surface area contributed by atoms with Crippen LogP contribution in [0.15, 0.2) is 30.3 Å². The van der Waals surface area contributed by atoms with Gasteiger partial charge < -0.3 is 21.3 Å². The topological polar surface area (TPSA) is 87.5 Å². The van der Waals surface area contributed by atoms with Crippen molar-refractivity contribution < 1.29 is 9.59 Å². The average molecular weight is 401 g/mol. The van der Waals surface area contributed by atoms with Gasteiger partial charge in [0.25, 0.3) is 0 Å². The first-order chi connectivity index (χ1) is 14.1. The van der Waals surface area contributed by atoms with Crippen molar-refractivity contribution in [2.24, 2.45) is 17.6 Å². The van der Waals surface area contributed by atoms with Crippen LogP contribution >= 0.6 is 0 Å². The van der Waals surface area contributed by atoms with Crippen LogP contribution in [0.3, 0.4) is 0 Å². The second-order valence-corrected chi connectivity index (χ2v) is 8.58. The molecule has 29 heavy (non-hydrogen) atoms. The third kappa shape index (κ3) is 6.74. The van der Waals surface area contributed by atoms with E-state index in [0.29, 0.717) is 12.5 Å². The second-order valence-electron chi connectivity index (χ2n) is 8.58. The van der Waals surface area contributed by atoms with Gasteiger partial charge in [-0.05, 0) is 56.7 Å². The number of hydrogen-bond acceptors (Lipinski definition) is 3. The smallest absolute Gasteiger partial charge is 0.315 e. The van der Waals surface area contributed by atoms with Crippen molar-refractivity contribution in [1.82, 2.24) is 15.5 Å². The van der Waals surface area contributed by atoms with E-state index in [2.05, 4.69) is 27.7 Å². The Morgan fingerprint density at radius 3 is 2.55 bits per heavy atom. The SMILES string of the molecule is NC(=O)C1CCCN(CCCNC(=O)NC(c2ccccc2)C2CCCCC2)C1. The highest BCUT2D eigenvalue weighted by Gasteiger charge is 2.26. The van der Waals surface area contributed by atoms with Crippen LogP contribution in [0.25, 0.3) is 0 Å². The molecule has 2 fully saturated rings. The number of benzene rings is 1. The predicted molar refractivity (Wildman–Crippen MR) is 115 cm³/mol. The predicted octanol–water partition coefficient (Wildman–Crippen LogP) is 3.19. The van der Waals surface area contributed by atoms with Gasteiger partial charge in [-0.1, -0.05) is 49.6 Å². The van der Waals surface area contributed by atoms with Crippen LogP contribution < -0.4 is 16.4 Å². The van der Waals surface area contributed by atoms with Crippen molar-refractivity contribution in [3.05, 3.63) is 35.9 Å². The first kappa shape index (κ1) is 21.6. The van der Waals surface area contributed by atoms with Crippen molar-refractivity contribution in [2.45, 2.75) is 57.4 Å². The van der Waals surface area contributed by atoms with Crippen LogP contribution in [-0.2, 0) is 4.79 Å². The van der Waals surface area contributed by atoms with Gasteiger partial charge in [-0.3, -0.25) is 4.79 Å². The molecule has 2 aliphatic rings. The van der Waals surface area contributed by atoms with E-state index in [9.17, 15) is 9.59 Å². The van der Waals surface area contributed by atoms with Crippen molar-refractivity contribution in [3.8, 4) is 0 Å². The molecule has 2 atom stereocenters. The van der Waals surface area contributed by atoms with Gasteiger partial charge in [-0.25, -0.2) is 4.79 Å². The molecular formula is C23H36N4O2. The summed E-state index contributed by atoms with van der Waals surface area (Å²) >= 11 is 0. The number of hydrogen-bond donors (Lipinski definition) is 3. The van der Waals surface area contributed by atoms with E-state index in [1.807, 2.05) is 18.2 Å². The van der Waals surface area contributed by atoms with Gasteiger partial charge in [0.1, 0.15) is 0 Å². The summed E-state index contributed by atoms with van der Waals surface area (Å²) < 4.78 is 0. The highest BCUT2D eigenvalue weighted by molar-refractivity contribution is 5.77. The lowest BCUT2D eigenvalue weighted by atomic mass is 9.81. The van der Waals surface area contributed by atoms with Gasteiger partial charge in [-0.2, -0.15) is 0 Å². The maximum atomic E-state index is 12.6. The summed E-state index contributed by atoms with van der Waals surface area (Å²) in [6.45, 7) is 3.28. The quantitative estimate of drug-likeness (QED) is 0.586. The number of urea groups is 1. The standard InChI is InChI=1S/C23H36N4O2/c24-22(28)20-13-7-15-27(17-20)16-8-14-25-23(29)26-21(18-9-3-1-4-10-18)19-11-5-2-6-12-19/h1,3-4,9-10,19-21H,2,5-8,11-17H2,(H2,24,28)(H2,25,26,29). The molecule has 0 spiro atoms. The van der Waals surface area contributed by atoms with Crippen molar-refractivity contribution >= 4 is 11.9 Å². The lowest BCUT2D eigenvalue weighted by molar-refractivity contribution is -0.123. The van der Waals surface area contributed by atoms with Crippen molar-refractivity contribution in [3.63, 3.8) is 0 Å². The molecule has 1 saturated carbocycles. The average Bonchev–Trinajstić information content (AvgIpc) is 2.76. The first-order valence-electron chi connectivity index (χ1n) is 11.2. The van der Waals surface area contributed by atoms with Crippen LogP contribution in [0.5, 0.6) is 0 Å². The molecular weight excluding hydrogens is 364 g/mol. The minimum Gasteiger partial charge on any atom is -0.369 e. The fraction of sp³-hybridized carbons (Fsp3) is 0.652. The Kier molecular flexibility index (Phi) is 8.35. The fourth-order valence-electron chi connectivity index (χ4n) is 4.79. The van der Waals surface area contributed by atoms with Gasteiger partial charge in [0.2, 0.25) is 5.91 Å². The summed E-state index contributed by atoms with van der Waals surface area (Å²) in [7, 11) is 0. The first-order valence-corrected chi connectivity index (χ1v) is 11.2. The molecule has 1 aromatic carbocycles. The van der Waals surface area contributed by atoms with E-state index in [4.69, 9.17) is 5.73 Å². The highest BCUT2D eigenvalue weighted by atomic mass is 16.2. The van der Waals surface area contributed by atoms with Gasteiger partial charge in [0.05, 0.1) is 12.0 Å². The van der Waals surface area contributed by atoms with E-state index in [1.54, 1.807) is 0 Å². The number of primary amides is 1. The Morgan fingerprint density at radius 1 is 1.07 bits per heavy atom. The number of nitrogens with one attached hydrogen (secondary N) is 2. The summed E-state index contributed by atoms with van der Waals surface area (Å²) in [6, 6.07) is 10.3. The molecule has 3 rings (SSSR count). The maximum absolute atomic E-state index is 12.6. The number of likely N-dealkylation sites (tertiary alicyclic amines) is 1. The Morgan fingerprint density at radius 2 is 1.83 bits per heavy atom. The number of piperidine rings is 1. The molecule has 0 aromatic heterocycles. The third-order valence-electron chi connectivity index (χ3n) is 6.41. The molecule has 1 aromatic rings. The fourth-order valence-corrected chi connectivity index (χ4v) is 4.79. The van der Waals surface area contributed by atoms with Crippen molar-refractivity contribution in [1.29, 1.82) is 0 Å². The van der Waals surface area contributed by atoms with Crippen LogP contribution in [0.2, 0.25) is 0 Å². The number of amides is 3. The summed E-state index contributed by atoms with van der Waals surface area (Å²) in [6.07, 6.45) is 8.94. The number of carbonyl (C=O) groups is 2. The molecule has 1 saturated heterocycles. The molecule has 3 amide bonds. The largest absolute Gasteiger partial charge is 0.369 e. The molecule has 1 aliphatic carbocycles. The van der Waals surface area contributed by atoms with Crippen LogP contribution in [0.4, 0.5) is 4.79 Å². The lowest BCUT2D eigenvalue weighted by Gasteiger charge is -2.32. The maximum Gasteiger partial charge on any atom is 0.315 e. The summed E-state index contributed by atoms with van der Waals surface area (Å²) in [5.74, 6) is 0.292. The number of rotatable bonds is 8. The summed E-state index contributed by atoms with van der Waals surface area (Å²) in [5, 5.41) is 6.27. The van der Waals surface area contributed by atoms with Crippen LogP contribution in [0, 0.1) is 11.8 Å². The van der Waals surface area contributed by atoms with Crippen LogP contribution in [0.1, 0.15) is 63.0 Å². The Bertz CT molecular complexity index is 646. The highest BCUT2D eigenvalue weighted by Crippen LogP contribution is 2.34. The van der Waals surface area contributed by atoms with E-state index in [1.165, 1.54) is 37.7 Å². The normalized spacial score (nSPS) is 22.0. The molecule has 2 unspecified atom stereocenters. The zero-order valence-electron chi connectivity index (χ0n) is 17.4. The van der Waals surface area contributed by atoms with E-state index >= 15 is 0 Å². The Labute approximate surface area is 174 Å². The second kappa shape index (κ2) is 11.2. The Balaban J connectivity index is 1.43. The van der Waals surface area contributed by atoms with E-state index in [0.717, 1.165) is 38.9 Å². The molecule has 6 nitrogen and oxygen atoms in total. The van der Waals surface area contributed by atoms with Gasteiger partial charge in [0, 0.05) is 13.1 Å². The zero-order chi connectivity index (χ0) is 20.5. The monoisotopic (exact) mass is 400 g/mol. The van der Waals surface area contributed by atoms with Crippen molar-refractivity contribution in [2.75, 3.05) is 26.2 Å². The van der Waals surface area contributed by atoms with Gasteiger partial charge >= 0.3 is 6.03 Å². The molecule has 1 heterocycles. The van der Waals surface area contributed by atoms with E-state index in [-0.39, 0.29) is 23.9 Å². The van der Waals surface area contributed by atoms with Crippen LogP contribution in [-0.4, -0.2) is 43.0 Å². The third-order valence-corrected chi connectivity index (χ3v) is 6.41. The molecule has 1 aliphatic heterocycles. The number of nitrogens with zero attached hydrogens (tertiary/aromatic N) is 1. The molecule has 160 valence electrons.